The predicted molar refractivity (Wildman–Crippen MR) is 56.1 cm³/mol. The van der Waals surface area contributed by atoms with Crippen molar-refractivity contribution in [2.75, 3.05) is 13.7 Å². The molecule has 4 heteroatoms. The van der Waals surface area contributed by atoms with E-state index in [4.69, 9.17) is 9.84 Å². The highest BCUT2D eigenvalue weighted by molar-refractivity contribution is 6.16. The Labute approximate surface area is 87.2 Å². The number of carbonyl (C=O) groups excluding carboxylic acids is 1. The second kappa shape index (κ2) is 3.82. The number of carbonyl (C=O) groups is 1. The number of benzene rings is 1. The highest BCUT2D eigenvalue weighted by atomic mass is 16.5. The van der Waals surface area contributed by atoms with Crippen LogP contribution in [0, 0.1) is 0 Å². The fourth-order valence-electron chi connectivity index (χ4n) is 1.54. The van der Waals surface area contributed by atoms with Crippen LogP contribution >= 0.6 is 0 Å². The van der Waals surface area contributed by atoms with E-state index in [-0.39, 0.29) is 18.8 Å². The first kappa shape index (κ1) is 9.86. The number of hydrogen-bond acceptors (Lipinski definition) is 4. The van der Waals surface area contributed by atoms with Gasteiger partial charge in [0.1, 0.15) is 5.75 Å². The molecule has 0 aliphatic carbocycles. The zero-order valence-electron chi connectivity index (χ0n) is 8.36. The number of aliphatic hydroxyl groups excluding tert-OH is 1. The molecule has 1 N–H and O–H groups in total. The molecule has 1 aromatic carbocycles. The van der Waals surface area contributed by atoms with Crippen LogP contribution in [0.3, 0.4) is 0 Å². The van der Waals surface area contributed by atoms with Crippen molar-refractivity contribution < 1.29 is 14.6 Å². The maximum Gasteiger partial charge on any atom is 0.170 e. The molecule has 0 spiro atoms. The van der Waals surface area contributed by atoms with Crippen LogP contribution in [0.2, 0.25) is 0 Å². The van der Waals surface area contributed by atoms with Gasteiger partial charge in [-0.3, -0.25) is 9.79 Å². The van der Waals surface area contributed by atoms with Crippen molar-refractivity contribution >= 4 is 17.2 Å². The van der Waals surface area contributed by atoms with E-state index in [1.54, 1.807) is 25.3 Å². The lowest BCUT2D eigenvalue weighted by atomic mass is 10.0. The lowest BCUT2D eigenvalue weighted by molar-refractivity contribution is 0.0997. The SMILES string of the molecule is COc1ccc2c(c1)C(=O)CC(CO)=N2. The van der Waals surface area contributed by atoms with Gasteiger partial charge in [0.05, 0.1) is 31.5 Å². The van der Waals surface area contributed by atoms with Gasteiger partial charge in [-0.05, 0) is 18.2 Å². The van der Waals surface area contributed by atoms with Crippen molar-refractivity contribution in [3.8, 4) is 5.75 Å². The van der Waals surface area contributed by atoms with Crippen LogP contribution in [-0.4, -0.2) is 30.3 Å². The number of hydrogen-bond donors (Lipinski definition) is 1. The van der Waals surface area contributed by atoms with E-state index < -0.39 is 0 Å². The summed E-state index contributed by atoms with van der Waals surface area (Å²) in [6.45, 7) is -0.169. The maximum absolute atomic E-state index is 11.7. The average Bonchev–Trinajstić information content (AvgIpc) is 2.28. The van der Waals surface area contributed by atoms with Crippen molar-refractivity contribution in [3.05, 3.63) is 23.8 Å². The first-order valence-electron chi connectivity index (χ1n) is 4.63. The fourth-order valence-corrected chi connectivity index (χ4v) is 1.54. The summed E-state index contributed by atoms with van der Waals surface area (Å²) >= 11 is 0. The van der Waals surface area contributed by atoms with Gasteiger partial charge in [-0.2, -0.15) is 0 Å². The molecule has 0 saturated heterocycles. The predicted octanol–water partition coefficient (Wildman–Crippen LogP) is 1.35. The Bertz CT molecular complexity index is 437. The Kier molecular flexibility index (Phi) is 2.51. The minimum absolute atomic E-state index is 0.0250. The summed E-state index contributed by atoms with van der Waals surface area (Å²) in [4.78, 5) is 15.9. The molecule has 2 rings (SSSR count). The van der Waals surface area contributed by atoms with Gasteiger partial charge in [0.25, 0.3) is 0 Å². The molecule has 0 saturated carbocycles. The largest absolute Gasteiger partial charge is 0.497 e. The summed E-state index contributed by atoms with van der Waals surface area (Å²) in [6, 6.07) is 5.14. The number of aliphatic imine (C=N–C) groups is 1. The number of fused-ring (bicyclic) bond motifs is 1. The van der Waals surface area contributed by atoms with Gasteiger partial charge >= 0.3 is 0 Å². The minimum Gasteiger partial charge on any atom is -0.497 e. The van der Waals surface area contributed by atoms with Crippen LogP contribution in [0.5, 0.6) is 5.75 Å². The summed E-state index contributed by atoms with van der Waals surface area (Å²) in [5.74, 6) is 0.618. The van der Waals surface area contributed by atoms with Crippen molar-refractivity contribution in [1.29, 1.82) is 0 Å². The second-order valence-corrected chi connectivity index (χ2v) is 3.32. The molecule has 4 nitrogen and oxygen atoms in total. The minimum atomic E-state index is -0.169. The Balaban J connectivity index is 2.49. The van der Waals surface area contributed by atoms with Gasteiger partial charge in [0.2, 0.25) is 0 Å². The second-order valence-electron chi connectivity index (χ2n) is 3.32. The van der Waals surface area contributed by atoms with E-state index >= 15 is 0 Å². The fraction of sp³-hybridized carbons (Fsp3) is 0.273. The summed E-state index contributed by atoms with van der Waals surface area (Å²) in [6.07, 6.45) is 0.191. The molecule has 1 aliphatic rings. The van der Waals surface area contributed by atoms with E-state index in [0.717, 1.165) is 0 Å². The maximum atomic E-state index is 11.7. The third-order valence-electron chi connectivity index (χ3n) is 2.33. The smallest absolute Gasteiger partial charge is 0.170 e. The molecule has 1 aliphatic heterocycles. The number of aliphatic hydroxyl groups is 1. The van der Waals surface area contributed by atoms with Crippen LogP contribution in [0.25, 0.3) is 0 Å². The molecule has 0 aromatic heterocycles. The third-order valence-corrected chi connectivity index (χ3v) is 2.33. The molecule has 1 aromatic rings. The summed E-state index contributed by atoms with van der Waals surface area (Å²) in [5, 5.41) is 8.93. The Morgan fingerprint density at radius 2 is 2.33 bits per heavy atom. The number of nitrogens with zero attached hydrogens (tertiary/aromatic N) is 1. The Morgan fingerprint density at radius 3 is 3.00 bits per heavy atom. The Hall–Kier alpha value is -1.68. The normalized spacial score (nSPS) is 14.5. The van der Waals surface area contributed by atoms with Gasteiger partial charge in [-0.15, -0.1) is 0 Å². The quantitative estimate of drug-likeness (QED) is 0.792. The summed E-state index contributed by atoms with van der Waals surface area (Å²) < 4.78 is 5.03. The van der Waals surface area contributed by atoms with Crippen molar-refractivity contribution in [3.63, 3.8) is 0 Å². The topological polar surface area (TPSA) is 58.9 Å². The average molecular weight is 205 g/mol. The van der Waals surface area contributed by atoms with E-state index in [9.17, 15) is 4.79 Å². The molecule has 0 bridgehead atoms. The van der Waals surface area contributed by atoms with Crippen molar-refractivity contribution in [2.45, 2.75) is 6.42 Å². The standard InChI is InChI=1S/C11H11NO3/c1-15-8-2-3-10-9(5-8)11(14)4-7(6-13)12-10/h2-3,5,13H,4,6H2,1H3. The third kappa shape index (κ3) is 1.76. The van der Waals surface area contributed by atoms with E-state index in [0.29, 0.717) is 22.7 Å². The van der Waals surface area contributed by atoms with Gasteiger partial charge in [-0.25, -0.2) is 0 Å². The van der Waals surface area contributed by atoms with Crippen LogP contribution in [-0.2, 0) is 0 Å². The monoisotopic (exact) mass is 205 g/mol. The highest BCUT2D eigenvalue weighted by Gasteiger charge is 2.19. The number of Topliss-reactive ketones (excluding diaryl/α,β-unsaturated/α-hetero) is 1. The Morgan fingerprint density at radius 1 is 1.53 bits per heavy atom. The zero-order chi connectivity index (χ0) is 10.8. The van der Waals surface area contributed by atoms with Crippen LogP contribution < -0.4 is 4.74 Å². The molecule has 0 amide bonds. The number of rotatable bonds is 2. The molecule has 78 valence electrons. The zero-order valence-corrected chi connectivity index (χ0v) is 8.36. The first-order chi connectivity index (χ1) is 7.24. The van der Waals surface area contributed by atoms with Gasteiger partial charge in [0.15, 0.2) is 5.78 Å². The van der Waals surface area contributed by atoms with E-state index in [2.05, 4.69) is 4.99 Å². The first-order valence-corrected chi connectivity index (χ1v) is 4.63. The number of methoxy groups -OCH3 is 1. The molecule has 1 heterocycles. The summed E-state index contributed by atoms with van der Waals surface area (Å²) in [7, 11) is 1.55. The van der Waals surface area contributed by atoms with Gasteiger partial charge in [-0.1, -0.05) is 0 Å². The molecule has 0 atom stereocenters. The van der Waals surface area contributed by atoms with Crippen LogP contribution in [0.4, 0.5) is 5.69 Å². The van der Waals surface area contributed by atoms with Crippen LogP contribution in [0.15, 0.2) is 23.2 Å². The lowest BCUT2D eigenvalue weighted by Crippen LogP contribution is -2.16. The summed E-state index contributed by atoms with van der Waals surface area (Å²) in [5.41, 5.74) is 1.68. The molecule has 15 heavy (non-hydrogen) atoms. The van der Waals surface area contributed by atoms with E-state index in [1.807, 2.05) is 0 Å². The molecule has 0 fully saturated rings. The number of ketones is 1. The molecule has 0 radical (unpaired) electrons. The van der Waals surface area contributed by atoms with Crippen molar-refractivity contribution in [2.24, 2.45) is 4.99 Å². The van der Waals surface area contributed by atoms with Crippen molar-refractivity contribution in [1.82, 2.24) is 0 Å². The number of ether oxygens (including phenoxy) is 1. The highest BCUT2D eigenvalue weighted by Crippen LogP contribution is 2.29. The lowest BCUT2D eigenvalue weighted by Gasteiger charge is -2.13. The van der Waals surface area contributed by atoms with Gasteiger partial charge in [0, 0.05) is 5.56 Å². The molecular formula is C11H11NO3. The van der Waals surface area contributed by atoms with E-state index in [1.165, 1.54) is 0 Å². The molecular weight excluding hydrogens is 194 g/mol. The van der Waals surface area contributed by atoms with Crippen LogP contribution in [0.1, 0.15) is 16.8 Å². The molecule has 0 unspecified atom stereocenters. The van der Waals surface area contributed by atoms with Gasteiger partial charge < -0.3 is 9.84 Å².